The molecule has 0 radical (unpaired) electrons. The van der Waals surface area contributed by atoms with Gasteiger partial charge in [-0.15, -0.1) is 0 Å². The van der Waals surface area contributed by atoms with Gasteiger partial charge in [-0.25, -0.2) is 13.2 Å². The van der Waals surface area contributed by atoms with Gasteiger partial charge in [0.15, 0.2) is 0 Å². The van der Waals surface area contributed by atoms with Crippen molar-refractivity contribution in [2.45, 2.75) is 57.3 Å². The zero-order chi connectivity index (χ0) is 23.7. The molecule has 2 aromatic carbocycles. The molecule has 9 heteroatoms. The maximum absolute atomic E-state index is 14.1. The van der Waals surface area contributed by atoms with Gasteiger partial charge in [0.2, 0.25) is 0 Å². The minimum Gasteiger partial charge on any atom is -0.388 e. The highest BCUT2D eigenvalue weighted by atomic mass is 28.4. The molecule has 2 nitrogen and oxygen atoms in total. The van der Waals surface area contributed by atoms with Gasteiger partial charge in [-0.3, -0.25) is 0 Å². The van der Waals surface area contributed by atoms with Gasteiger partial charge in [-0.05, 0) is 16.8 Å². The first-order chi connectivity index (χ1) is 15.1. The van der Waals surface area contributed by atoms with Crippen LogP contribution >= 0.6 is 0 Å². The van der Waals surface area contributed by atoms with Crippen LogP contribution in [0.5, 0.6) is 0 Å². The molecule has 0 saturated carbocycles. The average Bonchev–Trinajstić information content (AvgIpc) is 2.78. The van der Waals surface area contributed by atoms with E-state index in [0.717, 1.165) is 25.7 Å². The SMILES string of the molecule is CCCCCCCO[Si](OCC(F)(F)C(F)C(F)(F)F)(c1ccccc1)c1ccccc1. The second kappa shape index (κ2) is 11.9. The molecule has 1 atom stereocenters. The molecule has 32 heavy (non-hydrogen) atoms. The Hall–Kier alpha value is -1.84. The smallest absolute Gasteiger partial charge is 0.388 e. The Morgan fingerprint density at radius 2 is 1.25 bits per heavy atom. The van der Waals surface area contributed by atoms with Crippen molar-refractivity contribution >= 4 is 18.9 Å². The van der Waals surface area contributed by atoms with Crippen molar-refractivity contribution in [2.24, 2.45) is 0 Å². The maximum atomic E-state index is 14.1. The summed E-state index contributed by atoms with van der Waals surface area (Å²) in [5.74, 6) is -4.76. The predicted molar refractivity (Wildman–Crippen MR) is 114 cm³/mol. The summed E-state index contributed by atoms with van der Waals surface area (Å²) in [4.78, 5) is 0. The van der Waals surface area contributed by atoms with Crippen LogP contribution in [0.25, 0.3) is 0 Å². The lowest BCUT2D eigenvalue weighted by molar-refractivity contribution is -0.251. The summed E-state index contributed by atoms with van der Waals surface area (Å²) in [7, 11) is -3.84. The van der Waals surface area contributed by atoms with Crippen LogP contribution in [0.1, 0.15) is 39.0 Å². The van der Waals surface area contributed by atoms with Crippen molar-refractivity contribution in [2.75, 3.05) is 13.2 Å². The van der Waals surface area contributed by atoms with Gasteiger partial charge in [0.25, 0.3) is 6.17 Å². The average molecular weight is 479 g/mol. The number of benzene rings is 2. The number of unbranched alkanes of at least 4 members (excludes halogenated alkanes) is 4. The van der Waals surface area contributed by atoms with Crippen LogP contribution in [0, 0.1) is 0 Å². The molecule has 0 fully saturated rings. The van der Waals surface area contributed by atoms with Gasteiger partial charge in [0.05, 0.1) is 0 Å². The molecular formula is C23H28F6O2Si. The van der Waals surface area contributed by atoms with Crippen LogP contribution in [0.4, 0.5) is 26.3 Å². The zero-order valence-electron chi connectivity index (χ0n) is 17.9. The van der Waals surface area contributed by atoms with Crippen molar-refractivity contribution in [1.82, 2.24) is 0 Å². The summed E-state index contributed by atoms with van der Waals surface area (Å²) in [5, 5.41) is 0.913. The predicted octanol–water partition coefficient (Wildman–Crippen LogP) is 5.78. The fourth-order valence-corrected chi connectivity index (χ4v) is 6.46. The molecule has 0 aromatic heterocycles. The van der Waals surface area contributed by atoms with E-state index in [1.807, 2.05) is 0 Å². The van der Waals surface area contributed by atoms with Crippen LogP contribution in [0.2, 0.25) is 0 Å². The monoisotopic (exact) mass is 478 g/mol. The summed E-state index contributed by atoms with van der Waals surface area (Å²) in [6.07, 6.45) is -5.44. The fourth-order valence-electron chi connectivity index (χ4n) is 3.29. The second-order valence-electron chi connectivity index (χ2n) is 7.57. The Labute approximate surface area is 185 Å². The minimum absolute atomic E-state index is 0.184. The Morgan fingerprint density at radius 1 is 0.750 bits per heavy atom. The lowest BCUT2D eigenvalue weighted by Crippen LogP contribution is -2.65. The quantitative estimate of drug-likeness (QED) is 0.206. The third kappa shape index (κ3) is 7.08. The molecule has 2 rings (SSSR count). The Kier molecular flexibility index (Phi) is 9.78. The normalized spacial score (nSPS) is 13.8. The summed E-state index contributed by atoms with van der Waals surface area (Å²) in [5.41, 5.74) is 0. The van der Waals surface area contributed by atoms with E-state index in [1.54, 1.807) is 60.7 Å². The molecule has 0 aliphatic heterocycles. The van der Waals surface area contributed by atoms with Crippen molar-refractivity contribution in [3.05, 3.63) is 60.7 Å². The fraction of sp³-hybridized carbons (Fsp3) is 0.478. The molecule has 0 aliphatic carbocycles. The molecule has 0 amide bonds. The first kappa shape index (κ1) is 26.4. The van der Waals surface area contributed by atoms with Crippen molar-refractivity contribution in [3.8, 4) is 0 Å². The third-order valence-corrected chi connectivity index (χ3v) is 8.34. The summed E-state index contributed by atoms with van der Waals surface area (Å²) < 4.78 is 91.4. The van der Waals surface area contributed by atoms with Gasteiger partial charge in [-0.2, -0.15) is 13.2 Å². The van der Waals surface area contributed by atoms with E-state index in [0.29, 0.717) is 16.8 Å². The first-order valence-electron chi connectivity index (χ1n) is 10.6. The molecule has 0 bridgehead atoms. The van der Waals surface area contributed by atoms with E-state index >= 15 is 0 Å². The zero-order valence-corrected chi connectivity index (χ0v) is 18.9. The van der Waals surface area contributed by atoms with E-state index in [1.165, 1.54) is 0 Å². The maximum Gasteiger partial charge on any atom is 0.425 e. The van der Waals surface area contributed by atoms with E-state index in [2.05, 4.69) is 6.92 Å². The summed E-state index contributed by atoms with van der Waals surface area (Å²) in [6.45, 7) is 0.509. The van der Waals surface area contributed by atoms with Crippen molar-refractivity contribution < 1.29 is 35.2 Å². The van der Waals surface area contributed by atoms with Crippen LogP contribution in [0.15, 0.2) is 60.7 Å². The van der Waals surface area contributed by atoms with E-state index in [4.69, 9.17) is 8.85 Å². The van der Waals surface area contributed by atoms with Crippen LogP contribution in [0.3, 0.4) is 0 Å². The van der Waals surface area contributed by atoms with Gasteiger partial charge >= 0.3 is 20.7 Å². The molecule has 0 spiro atoms. The molecule has 0 saturated heterocycles. The standard InChI is InChI=1S/C23H28F6O2Si/c1-2-3-4-5-12-17-30-32(19-13-8-6-9-14-19,20-15-10-7-11-16-20)31-18-22(25,26)21(24)23(27,28)29/h6-11,13-16,21H,2-5,12,17-18H2,1H3. The van der Waals surface area contributed by atoms with Crippen LogP contribution < -0.4 is 10.4 Å². The lowest BCUT2D eigenvalue weighted by Gasteiger charge is -2.34. The van der Waals surface area contributed by atoms with Gasteiger partial charge < -0.3 is 8.85 Å². The van der Waals surface area contributed by atoms with E-state index in [9.17, 15) is 26.3 Å². The molecule has 2 aromatic rings. The number of hydrogen-bond acceptors (Lipinski definition) is 2. The lowest BCUT2D eigenvalue weighted by atomic mass is 10.2. The topological polar surface area (TPSA) is 18.5 Å². The van der Waals surface area contributed by atoms with Gasteiger partial charge in [0.1, 0.15) is 6.61 Å². The summed E-state index contributed by atoms with van der Waals surface area (Å²) in [6, 6.07) is 16.6. The highest BCUT2D eigenvalue weighted by molar-refractivity contribution is 6.92. The number of halogens is 6. The van der Waals surface area contributed by atoms with Gasteiger partial charge in [-0.1, -0.05) is 93.3 Å². The van der Waals surface area contributed by atoms with Crippen molar-refractivity contribution in [3.63, 3.8) is 0 Å². The molecule has 178 valence electrons. The van der Waals surface area contributed by atoms with Crippen LogP contribution in [-0.4, -0.2) is 40.0 Å². The van der Waals surface area contributed by atoms with E-state index in [-0.39, 0.29) is 6.61 Å². The number of rotatable bonds is 13. The minimum atomic E-state index is -5.70. The molecule has 0 aliphatic rings. The molecular weight excluding hydrogens is 450 g/mol. The highest BCUT2D eigenvalue weighted by Crippen LogP contribution is 2.35. The molecule has 0 heterocycles. The van der Waals surface area contributed by atoms with Crippen LogP contribution in [-0.2, 0) is 8.85 Å². The second-order valence-corrected chi connectivity index (χ2v) is 10.5. The Bertz CT molecular complexity index is 747. The number of alkyl halides is 6. The number of hydrogen-bond donors (Lipinski definition) is 0. The Balaban J connectivity index is 2.35. The van der Waals surface area contributed by atoms with E-state index < -0.39 is 33.4 Å². The highest BCUT2D eigenvalue weighted by Gasteiger charge is 2.58. The summed E-state index contributed by atoms with van der Waals surface area (Å²) >= 11 is 0. The third-order valence-electron chi connectivity index (χ3n) is 4.99. The largest absolute Gasteiger partial charge is 0.425 e. The Morgan fingerprint density at radius 3 is 1.72 bits per heavy atom. The molecule has 1 unspecified atom stereocenters. The molecule has 0 N–H and O–H groups in total. The van der Waals surface area contributed by atoms with Gasteiger partial charge in [0, 0.05) is 6.61 Å². The van der Waals surface area contributed by atoms with Crippen molar-refractivity contribution in [1.29, 1.82) is 0 Å². The first-order valence-corrected chi connectivity index (χ1v) is 12.4.